The van der Waals surface area contributed by atoms with E-state index >= 15 is 0 Å². The molecule has 1 amide bonds. The topological polar surface area (TPSA) is 65.4 Å². The van der Waals surface area contributed by atoms with Gasteiger partial charge in [0.2, 0.25) is 5.91 Å². The largest absolute Gasteiger partial charge is 0.497 e. The molecule has 0 fully saturated rings. The minimum absolute atomic E-state index is 0.174. The number of benzene rings is 2. The summed E-state index contributed by atoms with van der Waals surface area (Å²) in [5.41, 5.74) is 1.44. The molecule has 0 saturated heterocycles. The normalized spacial score (nSPS) is 10.5. The third-order valence-electron chi connectivity index (χ3n) is 3.71. The van der Waals surface area contributed by atoms with E-state index in [4.69, 9.17) is 21.1 Å². The highest BCUT2D eigenvalue weighted by atomic mass is 35.5. The quantitative estimate of drug-likeness (QED) is 0.596. The Balaban J connectivity index is 1.68. The van der Waals surface area contributed by atoms with Gasteiger partial charge in [-0.25, -0.2) is 4.98 Å². The average Bonchev–Trinajstić information content (AvgIpc) is 3.15. The van der Waals surface area contributed by atoms with Gasteiger partial charge in [-0.1, -0.05) is 29.4 Å². The molecule has 1 heterocycles. The minimum Gasteiger partial charge on any atom is -0.497 e. The molecule has 0 radical (unpaired) electrons. The van der Waals surface area contributed by atoms with E-state index in [0.717, 1.165) is 5.69 Å². The molecule has 6 nitrogen and oxygen atoms in total. The van der Waals surface area contributed by atoms with Gasteiger partial charge in [0.05, 0.1) is 25.7 Å². The highest BCUT2D eigenvalue weighted by Crippen LogP contribution is 2.29. The molecular weight excluding hydrogens is 386 g/mol. The maximum Gasteiger partial charge on any atom is 0.234 e. The number of carbonyl (C=O) groups excluding carboxylic acids is 1. The molecule has 0 aliphatic rings. The summed E-state index contributed by atoms with van der Waals surface area (Å²) in [5.74, 6) is 1.22. The molecule has 0 unspecified atom stereocenters. The van der Waals surface area contributed by atoms with Crippen LogP contribution >= 0.6 is 23.4 Å². The van der Waals surface area contributed by atoms with E-state index in [9.17, 15) is 4.79 Å². The second kappa shape index (κ2) is 8.83. The molecule has 0 spiro atoms. The van der Waals surface area contributed by atoms with Crippen molar-refractivity contribution >= 4 is 35.0 Å². The average molecular weight is 404 g/mol. The number of aromatic nitrogens is 2. The van der Waals surface area contributed by atoms with Crippen LogP contribution in [0.5, 0.6) is 11.5 Å². The Bertz CT molecular complexity index is 945. The molecule has 0 bridgehead atoms. The molecule has 140 valence electrons. The fourth-order valence-corrected chi connectivity index (χ4v) is 3.40. The standard InChI is InChI=1S/C19H18ClN3O3S/c1-25-15-6-7-17(26-2)16(11-15)22-18(24)12-27-19-21-8-9-23(19)14-5-3-4-13(20)10-14/h3-11H,12H2,1-2H3,(H,22,24). The Labute approximate surface area is 166 Å². The molecule has 0 aliphatic carbocycles. The number of methoxy groups -OCH3 is 2. The van der Waals surface area contributed by atoms with Gasteiger partial charge < -0.3 is 14.8 Å². The summed E-state index contributed by atoms with van der Waals surface area (Å²) in [6.45, 7) is 0. The Morgan fingerprint density at radius 2 is 2.07 bits per heavy atom. The number of hydrogen-bond acceptors (Lipinski definition) is 5. The molecule has 0 saturated carbocycles. The fraction of sp³-hybridized carbons (Fsp3) is 0.158. The molecule has 3 rings (SSSR count). The summed E-state index contributed by atoms with van der Waals surface area (Å²) in [4.78, 5) is 16.7. The van der Waals surface area contributed by atoms with Crippen molar-refractivity contribution in [2.24, 2.45) is 0 Å². The van der Waals surface area contributed by atoms with E-state index in [2.05, 4.69) is 10.3 Å². The zero-order valence-corrected chi connectivity index (χ0v) is 16.4. The lowest BCUT2D eigenvalue weighted by atomic mass is 10.2. The fourth-order valence-electron chi connectivity index (χ4n) is 2.45. The monoisotopic (exact) mass is 403 g/mol. The number of thioether (sulfide) groups is 1. The van der Waals surface area contributed by atoms with E-state index in [1.54, 1.807) is 38.6 Å². The zero-order chi connectivity index (χ0) is 19.2. The number of amides is 1. The number of nitrogens with one attached hydrogen (secondary N) is 1. The predicted octanol–water partition coefficient (Wildman–Crippen LogP) is 4.27. The summed E-state index contributed by atoms with van der Waals surface area (Å²) in [7, 11) is 3.12. The van der Waals surface area contributed by atoms with E-state index in [1.165, 1.54) is 11.8 Å². The SMILES string of the molecule is COc1ccc(OC)c(NC(=O)CSc2nccn2-c2cccc(Cl)c2)c1. The van der Waals surface area contributed by atoms with Gasteiger partial charge in [-0.05, 0) is 30.3 Å². The van der Waals surface area contributed by atoms with Crippen LogP contribution in [-0.4, -0.2) is 35.4 Å². The first kappa shape index (κ1) is 19.1. The lowest BCUT2D eigenvalue weighted by Gasteiger charge is -2.12. The highest BCUT2D eigenvalue weighted by Gasteiger charge is 2.12. The van der Waals surface area contributed by atoms with Crippen LogP contribution in [0, 0.1) is 0 Å². The number of rotatable bonds is 7. The number of carbonyl (C=O) groups is 1. The third-order valence-corrected chi connectivity index (χ3v) is 4.91. The molecule has 1 N–H and O–H groups in total. The van der Waals surface area contributed by atoms with Crippen LogP contribution in [0.3, 0.4) is 0 Å². The number of ether oxygens (including phenoxy) is 2. The van der Waals surface area contributed by atoms with Crippen LogP contribution in [0.25, 0.3) is 5.69 Å². The summed E-state index contributed by atoms with van der Waals surface area (Å²) in [5, 5.41) is 4.18. The van der Waals surface area contributed by atoms with Crippen molar-refractivity contribution < 1.29 is 14.3 Å². The molecular formula is C19H18ClN3O3S. The van der Waals surface area contributed by atoms with Crippen molar-refractivity contribution in [2.45, 2.75) is 5.16 Å². The van der Waals surface area contributed by atoms with E-state index < -0.39 is 0 Å². The molecule has 0 atom stereocenters. The smallest absolute Gasteiger partial charge is 0.234 e. The van der Waals surface area contributed by atoms with Gasteiger partial charge in [-0.3, -0.25) is 9.36 Å². The first-order chi connectivity index (χ1) is 13.1. The molecule has 1 aromatic heterocycles. The summed E-state index contributed by atoms with van der Waals surface area (Å²) in [6.07, 6.45) is 3.52. The Kier molecular flexibility index (Phi) is 6.26. The Morgan fingerprint density at radius 3 is 2.81 bits per heavy atom. The molecule has 2 aromatic carbocycles. The van der Waals surface area contributed by atoms with Crippen molar-refractivity contribution in [1.29, 1.82) is 0 Å². The van der Waals surface area contributed by atoms with Gasteiger partial charge in [0.25, 0.3) is 0 Å². The summed E-state index contributed by atoms with van der Waals surface area (Å²) >= 11 is 7.39. The van der Waals surface area contributed by atoms with Crippen LogP contribution in [0.1, 0.15) is 0 Å². The summed E-state index contributed by atoms with van der Waals surface area (Å²) < 4.78 is 12.4. The number of anilines is 1. The van der Waals surface area contributed by atoms with Crippen LogP contribution in [-0.2, 0) is 4.79 Å². The second-order valence-corrected chi connectivity index (χ2v) is 6.84. The third kappa shape index (κ3) is 4.75. The van der Waals surface area contributed by atoms with Gasteiger partial charge in [0.15, 0.2) is 5.16 Å². The Morgan fingerprint density at radius 1 is 1.22 bits per heavy atom. The van der Waals surface area contributed by atoms with Crippen molar-refractivity contribution in [2.75, 3.05) is 25.3 Å². The number of hydrogen-bond donors (Lipinski definition) is 1. The Hall–Kier alpha value is -2.64. The lowest BCUT2D eigenvalue weighted by Crippen LogP contribution is -2.15. The van der Waals surface area contributed by atoms with Gasteiger partial charge in [-0.15, -0.1) is 0 Å². The highest BCUT2D eigenvalue weighted by molar-refractivity contribution is 7.99. The summed E-state index contributed by atoms with van der Waals surface area (Å²) in [6, 6.07) is 12.7. The maximum absolute atomic E-state index is 12.4. The van der Waals surface area contributed by atoms with Gasteiger partial charge >= 0.3 is 0 Å². The van der Waals surface area contributed by atoms with Gasteiger partial charge in [0.1, 0.15) is 11.5 Å². The first-order valence-corrected chi connectivity index (χ1v) is 9.41. The van der Waals surface area contributed by atoms with Gasteiger partial charge in [-0.2, -0.15) is 0 Å². The van der Waals surface area contributed by atoms with Gasteiger partial charge in [0, 0.05) is 29.2 Å². The van der Waals surface area contributed by atoms with Crippen molar-refractivity contribution in [3.63, 3.8) is 0 Å². The van der Waals surface area contributed by atoms with Crippen molar-refractivity contribution in [3.05, 3.63) is 59.9 Å². The molecule has 8 heteroatoms. The number of imidazole rings is 1. The van der Waals surface area contributed by atoms with E-state index in [1.807, 2.05) is 35.0 Å². The molecule has 27 heavy (non-hydrogen) atoms. The maximum atomic E-state index is 12.4. The van der Waals surface area contributed by atoms with Crippen LogP contribution in [0.2, 0.25) is 5.02 Å². The lowest BCUT2D eigenvalue weighted by molar-refractivity contribution is -0.113. The minimum atomic E-state index is -0.174. The van der Waals surface area contributed by atoms with E-state index in [0.29, 0.717) is 27.4 Å². The predicted molar refractivity (Wildman–Crippen MR) is 107 cm³/mol. The van der Waals surface area contributed by atoms with Crippen molar-refractivity contribution in [3.8, 4) is 17.2 Å². The van der Waals surface area contributed by atoms with Crippen LogP contribution in [0.15, 0.2) is 60.0 Å². The van der Waals surface area contributed by atoms with Crippen LogP contribution in [0.4, 0.5) is 5.69 Å². The number of nitrogens with zero attached hydrogens (tertiary/aromatic N) is 2. The van der Waals surface area contributed by atoms with Crippen LogP contribution < -0.4 is 14.8 Å². The van der Waals surface area contributed by atoms with E-state index in [-0.39, 0.29) is 11.7 Å². The zero-order valence-electron chi connectivity index (χ0n) is 14.8. The molecule has 3 aromatic rings. The number of halogens is 1. The second-order valence-electron chi connectivity index (χ2n) is 5.46. The molecule has 0 aliphatic heterocycles. The first-order valence-electron chi connectivity index (χ1n) is 8.04. The van der Waals surface area contributed by atoms with Crippen molar-refractivity contribution in [1.82, 2.24) is 9.55 Å².